The van der Waals surface area contributed by atoms with Crippen molar-refractivity contribution in [1.29, 1.82) is 0 Å². The van der Waals surface area contributed by atoms with Crippen molar-refractivity contribution in [3.63, 3.8) is 0 Å². The maximum atomic E-state index is 10.5. The predicted octanol–water partition coefficient (Wildman–Crippen LogP) is 4.90. The molecule has 0 heterocycles. The molecule has 0 aliphatic carbocycles. The molecule has 0 unspecified atom stereocenters. The van der Waals surface area contributed by atoms with Gasteiger partial charge < -0.3 is 9.84 Å². The van der Waals surface area contributed by atoms with Crippen LogP contribution >= 0.6 is 15.9 Å². The Morgan fingerprint density at radius 1 is 1.24 bits per heavy atom. The van der Waals surface area contributed by atoms with Crippen LogP contribution in [0.25, 0.3) is 6.08 Å². The third-order valence-electron chi connectivity index (χ3n) is 2.93. The van der Waals surface area contributed by atoms with E-state index in [0.717, 1.165) is 28.3 Å². The summed E-state index contributed by atoms with van der Waals surface area (Å²) < 4.78 is 6.57. The summed E-state index contributed by atoms with van der Waals surface area (Å²) in [5.41, 5.74) is 2.05. The predicted molar refractivity (Wildman–Crippen MR) is 86.7 cm³/mol. The molecule has 0 bridgehead atoms. The lowest BCUT2D eigenvalue weighted by molar-refractivity contribution is -0.131. The molecule has 1 N–H and O–H groups in total. The van der Waals surface area contributed by atoms with Crippen molar-refractivity contribution in [3.05, 3.63) is 64.1 Å². The first kappa shape index (κ1) is 15.3. The van der Waals surface area contributed by atoms with E-state index in [4.69, 9.17) is 9.84 Å². The van der Waals surface area contributed by atoms with Gasteiger partial charge in [-0.1, -0.05) is 25.1 Å². The fourth-order valence-corrected chi connectivity index (χ4v) is 2.27. The number of carbonyl (C=O) groups is 1. The van der Waals surface area contributed by atoms with Crippen LogP contribution in [0.15, 0.2) is 53.0 Å². The first-order chi connectivity index (χ1) is 10.1. The van der Waals surface area contributed by atoms with Crippen molar-refractivity contribution in [2.45, 2.75) is 13.3 Å². The summed E-state index contributed by atoms with van der Waals surface area (Å²) in [4.78, 5) is 10.5. The lowest BCUT2D eigenvalue weighted by Crippen LogP contribution is -1.88. The number of hydrogen-bond acceptors (Lipinski definition) is 2. The molecule has 3 nitrogen and oxygen atoms in total. The average molecular weight is 347 g/mol. The topological polar surface area (TPSA) is 46.5 Å². The number of aliphatic carboxylic acids is 1. The van der Waals surface area contributed by atoms with Crippen molar-refractivity contribution in [1.82, 2.24) is 0 Å². The maximum absolute atomic E-state index is 10.5. The van der Waals surface area contributed by atoms with E-state index in [0.29, 0.717) is 5.75 Å². The van der Waals surface area contributed by atoms with Gasteiger partial charge in [-0.05, 0) is 63.8 Å². The first-order valence-corrected chi connectivity index (χ1v) is 7.35. The van der Waals surface area contributed by atoms with Crippen LogP contribution in [0.2, 0.25) is 0 Å². The molecule has 0 aliphatic heterocycles. The van der Waals surface area contributed by atoms with Gasteiger partial charge in [0.2, 0.25) is 0 Å². The molecule has 0 saturated heterocycles. The van der Waals surface area contributed by atoms with E-state index in [2.05, 4.69) is 22.9 Å². The lowest BCUT2D eigenvalue weighted by atomic mass is 10.2. The summed E-state index contributed by atoms with van der Waals surface area (Å²) >= 11 is 3.43. The van der Waals surface area contributed by atoms with Crippen molar-refractivity contribution in [3.8, 4) is 11.5 Å². The van der Waals surface area contributed by atoms with Crippen LogP contribution in [0.3, 0.4) is 0 Å². The molecule has 0 saturated carbocycles. The Kier molecular flexibility index (Phi) is 5.17. The highest BCUT2D eigenvalue weighted by atomic mass is 79.9. The average Bonchev–Trinajstić information content (AvgIpc) is 2.48. The molecule has 0 aromatic heterocycles. The minimum Gasteiger partial charge on any atom is -0.478 e. The second-order valence-corrected chi connectivity index (χ2v) is 5.32. The molecule has 2 aromatic carbocycles. The van der Waals surface area contributed by atoms with Gasteiger partial charge in [-0.25, -0.2) is 4.79 Å². The Bertz CT molecular complexity index is 660. The molecular formula is C17H15BrO3. The molecule has 21 heavy (non-hydrogen) atoms. The molecule has 0 fully saturated rings. The molecule has 4 heteroatoms. The Hall–Kier alpha value is -2.07. The van der Waals surface area contributed by atoms with Crippen LogP contribution in [0, 0.1) is 0 Å². The van der Waals surface area contributed by atoms with E-state index in [1.54, 1.807) is 12.1 Å². The molecule has 108 valence electrons. The quantitative estimate of drug-likeness (QED) is 0.783. The van der Waals surface area contributed by atoms with Crippen LogP contribution in [0.5, 0.6) is 11.5 Å². The van der Waals surface area contributed by atoms with Gasteiger partial charge in [-0.15, -0.1) is 0 Å². The monoisotopic (exact) mass is 346 g/mol. The third kappa shape index (κ3) is 4.46. The van der Waals surface area contributed by atoms with E-state index in [-0.39, 0.29) is 0 Å². The van der Waals surface area contributed by atoms with Crippen molar-refractivity contribution in [2.75, 3.05) is 0 Å². The van der Waals surface area contributed by atoms with Gasteiger partial charge in [-0.3, -0.25) is 0 Å². The molecule has 0 atom stereocenters. The Balaban J connectivity index is 2.14. The number of rotatable bonds is 5. The highest BCUT2D eigenvalue weighted by molar-refractivity contribution is 9.10. The Labute approximate surface area is 132 Å². The normalized spacial score (nSPS) is 10.8. The SMILES string of the molecule is CCc1ccc(Oc2ccc(/C=C/C(=O)O)cc2Br)cc1. The fourth-order valence-electron chi connectivity index (χ4n) is 1.79. The molecule has 0 aliphatic rings. The van der Waals surface area contributed by atoms with E-state index in [1.807, 2.05) is 30.3 Å². The largest absolute Gasteiger partial charge is 0.478 e. The zero-order valence-corrected chi connectivity index (χ0v) is 13.1. The van der Waals surface area contributed by atoms with E-state index < -0.39 is 5.97 Å². The van der Waals surface area contributed by atoms with E-state index in [1.165, 1.54) is 11.6 Å². The van der Waals surface area contributed by atoms with Crippen LogP contribution in [-0.4, -0.2) is 11.1 Å². The molecule has 0 spiro atoms. The minimum absolute atomic E-state index is 0.687. The summed E-state index contributed by atoms with van der Waals surface area (Å²) in [6.07, 6.45) is 3.63. The first-order valence-electron chi connectivity index (χ1n) is 6.56. The second-order valence-electron chi connectivity index (χ2n) is 4.46. The number of halogens is 1. The highest BCUT2D eigenvalue weighted by Crippen LogP contribution is 2.31. The Morgan fingerprint density at radius 3 is 2.52 bits per heavy atom. The maximum Gasteiger partial charge on any atom is 0.328 e. The number of carboxylic acid groups (broad SMARTS) is 1. The summed E-state index contributed by atoms with van der Waals surface area (Å²) in [6.45, 7) is 2.11. The number of benzene rings is 2. The van der Waals surface area contributed by atoms with Gasteiger partial charge >= 0.3 is 5.97 Å². The molecule has 0 radical (unpaired) electrons. The number of ether oxygens (including phenoxy) is 1. The van der Waals surface area contributed by atoms with E-state index >= 15 is 0 Å². The van der Waals surface area contributed by atoms with Gasteiger partial charge in [-0.2, -0.15) is 0 Å². The summed E-state index contributed by atoms with van der Waals surface area (Å²) in [6, 6.07) is 13.4. The smallest absolute Gasteiger partial charge is 0.328 e. The zero-order valence-electron chi connectivity index (χ0n) is 11.5. The van der Waals surface area contributed by atoms with Gasteiger partial charge in [0.1, 0.15) is 11.5 Å². The van der Waals surface area contributed by atoms with Gasteiger partial charge in [0.05, 0.1) is 4.47 Å². The lowest BCUT2D eigenvalue weighted by Gasteiger charge is -2.09. The molecular weight excluding hydrogens is 332 g/mol. The Morgan fingerprint density at radius 2 is 1.95 bits per heavy atom. The van der Waals surface area contributed by atoms with Crippen LogP contribution < -0.4 is 4.74 Å². The summed E-state index contributed by atoms with van der Waals surface area (Å²) in [5.74, 6) is 0.482. The fraction of sp³-hybridized carbons (Fsp3) is 0.118. The standard InChI is InChI=1S/C17H15BrO3/c1-2-12-3-7-14(8-4-12)21-16-9-5-13(11-15(16)18)6-10-17(19)20/h3-11H,2H2,1H3,(H,19,20)/b10-6+. The van der Waals surface area contributed by atoms with Crippen molar-refractivity contribution in [2.24, 2.45) is 0 Å². The summed E-state index contributed by atoms with van der Waals surface area (Å²) in [7, 11) is 0. The van der Waals surface area contributed by atoms with Gasteiger partial charge in [0.25, 0.3) is 0 Å². The number of hydrogen-bond donors (Lipinski definition) is 1. The van der Waals surface area contributed by atoms with Crippen LogP contribution in [-0.2, 0) is 11.2 Å². The van der Waals surface area contributed by atoms with Gasteiger partial charge in [0, 0.05) is 6.08 Å². The van der Waals surface area contributed by atoms with Crippen molar-refractivity contribution < 1.29 is 14.6 Å². The minimum atomic E-state index is -0.970. The van der Waals surface area contributed by atoms with E-state index in [9.17, 15) is 4.79 Å². The number of aryl methyl sites for hydroxylation is 1. The van der Waals surface area contributed by atoms with Crippen LogP contribution in [0.1, 0.15) is 18.1 Å². The van der Waals surface area contributed by atoms with Crippen LogP contribution in [0.4, 0.5) is 0 Å². The molecule has 0 amide bonds. The number of carboxylic acids is 1. The molecule has 2 rings (SSSR count). The summed E-state index contributed by atoms with van der Waals surface area (Å²) in [5, 5.41) is 8.61. The third-order valence-corrected chi connectivity index (χ3v) is 3.55. The van der Waals surface area contributed by atoms with Crippen molar-refractivity contribution >= 4 is 28.0 Å². The zero-order chi connectivity index (χ0) is 15.2. The molecule has 2 aromatic rings. The second kappa shape index (κ2) is 7.09. The van der Waals surface area contributed by atoms with Gasteiger partial charge in [0.15, 0.2) is 0 Å². The highest BCUT2D eigenvalue weighted by Gasteiger charge is 2.04.